The number of nitrogens with two attached hydrogens (primary N) is 1. The highest BCUT2D eigenvalue weighted by Crippen LogP contribution is 2.21. The maximum Gasteiger partial charge on any atom is 0.339 e. The Balaban J connectivity index is 2.09. The Morgan fingerprint density at radius 2 is 2.10 bits per heavy atom. The van der Waals surface area contributed by atoms with Gasteiger partial charge >= 0.3 is 5.97 Å². The van der Waals surface area contributed by atoms with E-state index >= 15 is 0 Å². The first kappa shape index (κ1) is 14.8. The minimum atomic E-state index is -0.677. The van der Waals surface area contributed by atoms with Crippen molar-refractivity contribution in [1.82, 2.24) is 0 Å². The number of hydrogen-bond donors (Lipinski definition) is 1. The molecular formula is C15H10ClFN2O2. The predicted molar refractivity (Wildman–Crippen MR) is 76.1 cm³/mol. The number of benzene rings is 2. The SMILES string of the molecule is N#Cc1ccc(COC(=O)c2ccc(N)cc2Cl)c(F)c1. The molecule has 0 aliphatic heterocycles. The summed E-state index contributed by atoms with van der Waals surface area (Å²) in [6.45, 7) is -0.253. The first-order chi connectivity index (χ1) is 10.0. The molecule has 0 bridgehead atoms. The Hall–Kier alpha value is -2.58. The van der Waals surface area contributed by atoms with Crippen LogP contribution in [0.25, 0.3) is 0 Å². The van der Waals surface area contributed by atoms with Gasteiger partial charge in [0.25, 0.3) is 0 Å². The molecule has 2 N–H and O–H groups in total. The van der Waals surface area contributed by atoms with Crippen molar-refractivity contribution >= 4 is 23.3 Å². The number of carbonyl (C=O) groups excluding carboxylic acids is 1. The van der Waals surface area contributed by atoms with Gasteiger partial charge in [0.1, 0.15) is 12.4 Å². The molecule has 6 heteroatoms. The van der Waals surface area contributed by atoms with Gasteiger partial charge in [-0.25, -0.2) is 9.18 Å². The molecule has 0 amide bonds. The molecule has 106 valence electrons. The van der Waals surface area contributed by atoms with E-state index in [4.69, 9.17) is 27.3 Å². The van der Waals surface area contributed by atoms with Crippen LogP contribution in [0.5, 0.6) is 0 Å². The lowest BCUT2D eigenvalue weighted by molar-refractivity contribution is 0.0469. The lowest BCUT2D eigenvalue weighted by Crippen LogP contribution is -2.07. The normalized spacial score (nSPS) is 9.95. The van der Waals surface area contributed by atoms with Crippen molar-refractivity contribution < 1.29 is 13.9 Å². The fourth-order valence-electron chi connectivity index (χ4n) is 1.65. The number of nitrogens with zero attached hydrogens (tertiary/aromatic N) is 1. The summed E-state index contributed by atoms with van der Waals surface area (Å²) >= 11 is 5.89. The summed E-state index contributed by atoms with van der Waals surface area (Å²) in [6.07, 6.45) is 0. The monoisotopic (exact) mass is 304 g/mol. The average molecular weight is 305 g/mol. The van der Waals surface area contributed by atoms with E-state index in [9.17, 15) is 9.18 Å². The molecule has 0 saturated carbocycles. The smallest absolute Gasteiger partial charge is 0.339 e. The maximum absolute atomic E-state index is 13.6. The second-order valence-corrected chi connectivity index (χ2v) is 4.64. The second-order valence-electron chi connectivity index (χ2n) is 4.23. The number of nitriles is 1. The van der Waals surface area contributed by atoms with Crippen LogP contribution in [-0.2, 0) is 11.3 Å². The molecule has 0 fully saturated rings. The summed E-state index contributed by atoms with van der Waals surface area (Å²) in [4.78, 5) is 11.9. The fraction of sp³-hybridized carbons (Fsp3) is 0.0667. The molecule has 2 rings (SSSR count). The van der Waals surface area contributed by atoms with E-state index in [0.29, 0.717) is 5.69 Å². The van der Waals surface area contributed by atoms with Crippen LogP contribution in [-0.4, -0.2) is 5.97 Å². The van der Waals surface area contributed by atoms with Gasteiger partial charge in [0.15, 0.2) is 0 Å². The Morgan fingerprint density at radius 1 is 1.33 bits per heavy atom. The van der Waals surface area contributed by atoms with E-state index in [1.165, 1.54) is 30.3 Å². The molecule has 21 heavy (non-hydrogen) atoms. The van der Waals surface area contributed by atoms with Crippen molar-refractivity contribution in [1.29, 1.82) is 5.26 Å². The Labute approximate surface area is 125 Å². The van der Waals surface area contributed by atoms with E-state index in [1.807, 2.05) is 6.07 Å². The molecule has 4 nitrogen and oxygen atoms in total. The number of rotatable bonds is 3. The number of anilines is 1. The second kappa shape index (κ2) is 6.25. The fourth-order valence-corrected chi connectivity index (χ4v) is 1.92. The topological polar surface area (TPSA) is 76.1 Å². The number of ether oxygens (including phenoxy) is 1. The molecule has 0 saturated heterocycles. The van der Waals surface area contributed by atoms with Crippen LogP contribution in [0.15, 0.2) is 36.4 Å². The minimum absolute atomic E-state index is 0.153. The quantitative estimate of drug-likeness (QED) is 0.697. The van der Waals surface area contributed by atoms with Gasteiger partial charge in [0, 0.05) is 11.3 Å². The van der Waals surface area contributed by atoms with Crippen LogP contribution in [0.1, 0.15) is 21.5 Å². The Bertz CT molecular complexity index is 741. The highest BCUT2D eigenvalue weighted by Gasteiger charge is 2.13. The third kappa shape index (κ3) is 3.50. The van der Waals surface area contributed by atoms with Gasteiger partial charge in [0.05, 0.1) is 22.2 Å². The maximum atomic E-state index is 13.6. The summed E-state index contributed by atoms with van der Waals surface area (Å²) < 4.78 is 18.6. The molecule has 0 heterocycles. The highest BCUT2D eigenvalue weighted by molar-refractivity contribution is 6.33. The van der Waals surface area contributed by atoms with Gasteiger partial charge in [-0.15, -0.1) is 0 Å². The van der Waals surface area contributed by atoms with E-state index < -0.39 is 11.8 Å². The van der Waals surface area contributed by atoms with E-state index in [0.717, 1.165) is 6.07 Å². The van der Waals surface area contributed by atoms with Gasteiger partial charge in [-0.3, -0.25) is 0 Å². The third-order valence-electron chi connectivity index (χ3n) is 2.75. The van der Waals surface area contributed by atoms with Crippen LogP contribution in [0.2, 0.25) is 5.02 Å². The van der Waals surface area contributed by atoms with Gasteiger partial charge in [-0.05, 0) is 30.3 Å². The van der Waals surface area contributed by atoms with E-state index in [2.05, 4.69) is 0 Å². The minimum Gasteiger partial charge on any atom is -0.457 e. The zero-order valence-corrected chi connectivity index (χ0v) is 11.5. The summed E-state index contributed by atoms with van der Waals surface area (Å²) in [6, 6.07) is 10.1. The van der Waals surface area contributed by atoms with Crippen LogP contribution < -0.4 is 5.73 Å². The molecule has 2 aromatic carbocycles. The van der Waals surface area contributed by atoms with Crippen molar-refractivity contribution in [3.63, 3.8) is 0 Å². The number of halogens is 2. The predicted octanol–water partition coefficient (Wildman–Crippen LogP) is 3.29. The van der Waals surface area contributed by atoms with Crippen molar-refractivity contribution in [3.05, 3.63) is 63.9 Å². The molecule has 0 aromatic heterocycles. The zero-order chi connectivity index (χ0) is 15.4. The van der Waals surface area contributed by atoms with Crippen molar-refractivity contribution in [2.75, 3.05) is 5.73 Å². The van der Waals surface area contributed by atoms with E-state index in [-0.39, 0.29) is 28.3 Å². The number of carbonyl (C=O) groups is 1. The van der Waals surface area contributed by atoms with Crippen molar-refractivity contribution in [3.8, 4) is 6.07 Å². The average Bonchev–Trinajstić information content (AvgIpc) is 2.45. The van der Waals surface area contributed by atoms with Crippen LogP contribution in [0.3, 0.4) is 0 Å². The van der Waals surface area contributed by atoms with Crippen LogP contribution in [0.4, 0.5) is 10.1 Å². The van der Waals surface area contributed by atoms with Gasteiger partial charge in [-0.1, -0.05) is 17.7 Å². The van der Waals surface area contributed by atoms with Gasteiger partial charge in [-0.2, -0.15) is 5.26 Å². The lowest BCUT2D eigenvalue weighted by Gasteiger charge is -2.08. The largest absolute Gasteiger partial charge is 0.457 e. The van der Waals surface area contributed by atoms with Crippen molar-refractivity contribution in [2.24, 2.45) is 0 Å². The summed E-state index contributed by atoms with van der Waals surface area (Å²) in [5, 5.41) is 8.81. The standard InChI is InChI=1S/C15H10ClFN2O2/c16-13-6-11(19)3-4-12(13)15(20)21-8-10-2-1-9(7-18)5-14(10)17/h1-6H,8,19H2. The first-order valence-electron chi connectivity index (χ1n) is 5.92. The van der Waals surface area contributed by atoms with Crippen molar-refractivity contribution in [2.45, 2.75) is 6.61 Å². The molecule has 0 radical (unpaired) electrons. The Kier molecular flexibility index (Phi) is 4.41. The molecule has 0 aliphatic carbocycles. The third-order valence-corrected chi connectivity index (χ3v) is 3.07. The summed E-state index contributed by atoms with van der Waals surface area (Å²) in [7, 11) is 0. The Morgan fingerprint density at radius 3 is 2.71 bits per heavy atom. The summed E-state index contributed by atoms with van der Waals surface area (Å²) in [5.74, 6) is -1.28. The molecule has 2 aromatic rings. The van der Waals surface area contributed by atoms with E-state index in [1.54, 1.807) is 0 Å². The molecule has 0 unspecified atom stereocenters. The molecular weight excluding hydrogens is 295 g/mol. The van der Waals surface area contributed by atoms with Gasteiger partial charge in [0.2, 0.25) is 0 Å². The highest BCUT2D eigenvalue weighted by atomic mass is 35.5. The number of esters is 1. The lowest BCUT2D eigenvalue weighted by atomic mass is 10.1. The molecule has 0 aliphatic rings. The van der Waals surface area contributed by atoms with Gasteiger partial charge < -0.3 is 10.5 Å². The summed E-state index contributed by atoms with van der Waals surface area (Å²) in [5.41, 5.74) is 6.48. The van der Waals surface area contributed by atoms with Crippen LogP contribution in [0, 0.1) is 17.1 Å². The number of nitrogen functional groups attached to an aromatic ring is 1. The number of hydrogen-bond acceptors (Lipinski definition) is 4. The molecule has 0 spiro atoms. The zero-order valence-electron chi connectivity index (χ0n) is 10.8. The first-order valence-corrected chi connectivity index (χ1v) is 6.29. The molecule has 0 atom stereocenters. The van der Waals surface area contributed by atoms with Crippen LogP contribution >= 0.6 is 11.6 Å².